The predicted molar refractivity (Wildman–Crippen MR) is 76.7 cm³/mol. The molecule has 0 heterocycles. The second kappa shape index (κ2) is 6.96. The van der Waals surface area contributed by atoms with E-state index in [2.05, 4.69) is 0 Å². The molecule has 1 fully saturated rings. The number of carbonyl (C=O) groups is 1. The highest BCUT2D eigenvalue weighted by Crippen LogP contribution is 2.30. The van der Waals surface area contributed by atoms with Crippen molar-refractivity contribution >= 4 is 17.7 Å². The summed E-state index contributed by atoms with van der Waals surface area (Å²) in [7, 11) is 0. The molecule has 0 spiro atoms. The fourth-order valence-electron chi connectivity index (χ4n) is 2.65. The molecule has 0 aromatic heterocycles. The Hall–Kier alpha value is -1.00. The Kier molecular flexibility index (Phi) is 5.28. The van der Waals surface area contributed by atoms with E-state index >= 15 is 0 Å². The second-order valence-corrected chi connectivity index (χ2v) is 6.21. The van der Waals surface area contributed by atoms with E-state index in [1.165, 1.54) is 37.4 Å². The third kappa shape index (κ3) is 4.25. The van der Waals surface area contributed by atoms with Gasteiger partial charge in [0.15, 0.2) is 0 Å². The maximum atomic E-state index is 11.1. The number of carboxylic acids is 1. The SMILES string of the molecule is O=C(O)c1ccccc1SCC(O)CC1CCCC1. The van der Waals surface area contributed by atoms with Crippen LogP contribution in [0.1, 0.15) is 42.5 Å². The summed E-state index contributed by atoms with van der Waals surface area (Å²) in [5, 5.41) is 19.1. The van der Waals surface area contributed by atoms with Gasteiger partial charge >= 0.3 is 5.97 Å². The highest BCUT2D eigenvalue weighted by atomic mass is 32.2. The zero-order valence-electron chi connectivity index (χ0n) is 10.9. The van der Waals surface area contributed by atoms with E-state index in [0.29, 0.717) is 17.2 Å². The van der Waals surface area contributed by atoms with Gasteiger partial charge in [-0.05, 0) is 24.5 Å². The van der Waals surface area contributed by atoms with Crippen molar-refractivity contribution in [3.63, 3.8) is 0 Å². The number of aromatic carboxylic acids is 1. The van der Waals surface area contributed by atoms with Crippen molar-refractivity contribution in [2.75, 3.05) is 5.75 Å². The lowest BCUT2D eigenvalue weighted by molar-refractivity contribution is 0.0693. The fourth-order valence-corrected chi connectivity index (χ4v) is 3.65. The summed E-state index contributed by atoms with van der Waals surface area (Å²) in [6.07, 6.45) is 5.54. The molecule has 0 aliphatic heterocycles. The van der Waals surface area contributed by atoms with E-state index in [4.69, 9.17) is 5.11 Å². The summed E-state index contributed by atoms with van der Waals surface area (Å²) >= 11 is 1.44. The van der Waals surface area contributed by atoms with Crippen LogP contribution in [0.5, 0.6) is 0 Å². The average molecular weight is 280 g/mol. The summed E-state index contributed by atoms with van der Waals surface area (Å²) in [5.74, 6) is 0.319. The Bertz CT molecular complexity index is 427. The number of benzene rings is 1. The van der Waals surface area contributed by atoms with Gasteiger partial charge < -0.3 is 10.2 Å². The molecule has 3 nitrogen and oxygen atoms in total. The molecule has 1 saturated carbocycles. The smallest absolute Gasteiger partial charge is 0.336 e. The Morgan fingerprint density at radius 2 is 2.00 bits per heavy atom. The summed E-state index contributed by atoms with van der Waals surface area (Å²) < 4.78 is 0. The average Bonchev–Trinajstić information content (AvgIpc) is 2.89. The van der Waals surface area contributed by atoms with Gasteiger partial charge in [-0.25, -0.2) is 4.79 Å². The van der Waals surface area contributed by atoms with Gasteiger partial charge in [0, 0.05) is 10.6 Å². The van der Waals surface area contributed by atoms with Gasteiger partial charge in [-0.1, -0.05) is 37.8 Å². The number of hydrogen-bond donors (Lipinski definition) is 2. The molecule has 1 aromatic carbocycles. The van der Waals surface area contributed by atoms with Gasteiger partial charge in [0.1, 0.15) is 0 Å². The van der Waals surface area contributed by atoms with Crippen molar-refractivity contribution in [3.8, 4) is 0 Å². The van der Waals surface area contributed by atoms with Gasteiger partial charge in [0.25, 0.3) is 0 Å². The Labute approximate surface area is 118 Å². The molecule has 0 saturated heterocycles. The van der Waals surface area contributed by atoms with Crippen molar-refractivity contribution < 1.29 is 15.0 Å². The summed E-state index contributed by atoms with van der Waals surface area (Å²) in [4.78, 5) is 11.8. The molecule has 1 unspecified atom stereocenters. The van der Waals surface area contributed by atoms with Crippen molar-refractivity contribution in [2.24, 2.45) is 5.92 Å². The predicted octanol–water partition coefficient (Wildman–Crippen LogP) is 3.42. The van der Waals surface area contributed by atoms with Crippen LogP contribution >= 0.6 is 11.8 Å². The molecule has 19 heavy (non-hydrogen) atoms. The number of rotatable bonds is 6. The van der Waals surface area contributed by atoms with Crippen molar-refractivity contribution in [1.82, 2.24) is 0 Å². The fraction of sp³-hybridized carbons (Fsp3) is 0.533. The molecular weight excluding hydrogens is 260 g/mol. The minimum absolute atomic E-state index is 0.320. The highest BCUT2D eigenvalue weighted by molar-refractivity contribution is 7.99. The summed E-state index contributed by atoms with van der Waals surface area (Å²) in [5.41, 5.74) is 0.320. The van der Waals surface area contributed by atoms with Crippen LogP contribution in [0.3, 0.4) is 0 Å². The molecule has 1 aromatic rings. The zero-order chi connectivity index (χ0) is 13.7. The lowest BCUT2D eigenvalue weighted by atomic mass is 10.0. The van der Waals surface area contributed by atoms with Crippen LogP contribution in [0.4, 0.5) is 0 Å². The van der Waals surface area contributed by atoms with Crippen LogP contribution in [0.2, 0.25) is 0 Å². The number of aliphatic hydroxyl groups is 1. The maximum Gasteiger partial charge on any atom is 0.336 e. The van der Waals surface area contributed by atoms with Crippen LogP contribution in [-0.4, -0.2) is 28.0 Å². The van der Waals surface area contributed by atoms with E-state index in [9.17, 15) is 9.90 Å². The van der Waals surface area contributed by atoms with Gasteiger partial charge in [-0.15, -0.1) is 11.8 Å². The highest BCUT2D eigenvalue weighted by Gasteiger charge is 2.19. The molecule has 1 atom stereocenters. The molecule has 104 valence electrons. The topological polar surface area (TPSA) is 57.5 Å². The van der Waals surface area contributed by atoms with Gasteiger partial charge in [0.05, 0.1) is 11.7 Å². The standard InChI is InChI=1S/C15H20O3S/c16-12(9-11-5-1-2-6-11)10-19-14-8-4-3-7-13(14)15(17)18/h3-4,7-8,11-12,16H,1-2,5-6,9-10H2,(H,17,18). The molecule has 2 N–H and O–H groups in total. The Balaban J connectivity index is 1.85. The van der Waals surface area contributed by atoms with Crippen LogP contribution in [0.25, 0.3) is 0 Å². The summed E-state index contributed by atoms with van der Waals surface area (Å²) in [6.45, 7) is 0. The Morgan fingerprint density at radius 3 is 2.68 bits per heavy atom. The van der Waals surface area contributed by atoms with Crippen LogP contribution in [0.15, 0.2) is 29.2 Å². The van der Waals surface area contributed by atoms with E-state index in [1.807, 2.05) is 6.07 Å². The largest absolute Gasteiger partial charge is 0.478 e. The molecule has 0 radical (unpaired) electrons. The van der Waals surface area contributed by atoms with Crippen molar-refractivity contribution in [1.29, 1.82) is 0 Å². The van der Waals surface area contributed by atoms with Crippen LogP contribution in [-0.2, 0) is 0 Å². The normalized spacial score (nSPS) is 17.5. The van der Waals surface area contributed by atoms with Gasteiger partial charge in [-0.3, -0.25) is 0 Å². The molecular formula is C15H20O3S. The zero-order valence-corrected chi connectivity index (χ0v) is 11.7. The number of hydrogen-bond acceptors (Lipinski definition) is 3. The molecule has 4 heteroatoms. The van der Waals surface area contributed by atoms with Crippen molar-refractivity contribution in [2.45, 2.75) is 43.1 Å². The first-order valence-electron chi connectivity index (χ1n) is 6.80. The molecule has 1 aliphatic carbocycles. The number of aliphatic hydroxyl groups excluding tert-OH is 1. The number of thioether (sulfide) groups is 1. The first kappa shape index (κ1) is 14.4. The van der Waals surface area contributed by atoms with Gasteiger partial charge in [-0.2, -0.15) is 0 Å². The van der Waals surface area contributed by atoms with Crippen LogP contribution in [0, 0.1) is 5.92 Å². The minimum atomic E-state index is -0.909. The third-order valence-corrected chi connectivity index (χ3v) is 4.85. The summed E-state index contributed by atoms with van der Waals surface area (Å²) in [6, 6.07) is 6.96. The van der Waals surface area contributed by atoms with E-state index in [1.54, 1.807) is 18.2 Å². The first-order chi connectivity index (χ1) is 9.16. The monoisotopic (exact) mass is 280 g/mol. The van der Waals surface area contributed by atoms with Gasteiger partial charge in [0.2, 0.25) is 0 Å². The van der Waals surface area contributed by atoms with Crippen LogP contribution < -0.4 is 0 Å². The Morgan fingerprint density at radius 1 is 1.32 bits per heavy atom. The minimum Gasteiger partial charge on any atom is -0.478 e. The quantitative estimate of drug-likeness (QED) is 0.784. The van der Waals surface area contributed by atoms with E-state index < -0.39 is 5.97 Å². The lowest BCUT2D eigenvalue weighted by Gasteiger charge is -2.15. The molecule has 0 amide bonds. The molecule has 0 bridgehead atoms. The molecule has 2 rings (SSSR count). The van der Waals surface area contributed by atoms with Crippen molar-refractivity contribution in [3.05, 3.63) is 29.8 Å². The number of carboxylic acid groups (broad SMARTS) is 1. The van der Waals surface area contributed by atoms with E-state index in [-0.39, 0.29) is 6.10 Å². The lowest BCUT2D eigenvalue weighted by Crippen LogP contribution is -2.14. The van der Waals surface area contributed by atoms with E-state index in [0.717, 1.165) is 11.3 Å². The molecule has 1 aliphatic rings. The second-order valence-electron chi connectivity index (χ2n) is 5.15. The first-order valence-corrected chi connectivity index (χ1v) is 7.78. The maximum absolute atomic E-state index is 11.1. The third-order valence-electron chi connectivity index (χ3n) is 3.63.